The van der Waals surface area contributed by atoms with Crippen LogP contribution in [0.3, 0.4) is 0 Å². The van der Waals surface area contributed by atoms with Crippen molar-refractivity contribution in [2.75, 3.05) is 0 Å². The first kappa shape index (κ1) is 10.9. The zero-order valence-corrected chi connectivity index (χ0v) is 9.32. The van der Waals surface area contributed by atoms with E-state index in [1.54, 1.807) is 6.07 Å². The number of hydrogen-bond acceptors (Lipinski definition) is 3. The van der Waals surface area contributed by atoms with E-state index in [1.165, 1.54) is 0 Å². The Hall–Kier alpha value is -0.140. The van der Waals surface area contributed by atoms with Crippen molar-refractivity contribution in [3.8, 4) is 18.2 Å². The number of rotatable bonds is 2. The van der Waals surface area contributed by atoms with Crippen LogP contribution in [0.1, 0.15) is 6.42 Å². The molecule has 0 saturated heterocycles. The molecule has 0 aromatic rings. The van der Waals surface area contributed by atoms with Gasteiger partial charge in [-0.3, -0.25) is 0 Å². The van der Waals surface area contributed by atoms with E-state index in [0.29, 0.717) is 0 Å². The van der Waals surface area contributed by atoms with Crippen LogP contribution in [-0.4, -0.2) is 5.16 Å². The maximum atomic E-state index is 8.61. The summed E-state index contributed by atoms with van der Waals surface area (Å²) < 4.78 is 0. The molecule has 0 saturated carbocycles. The van der Waals surface area contributed by atoms with Crippen molar-refractivity contribution in [1.29, 1.82) is 15.8 Å². The summed E-state index contributed by atoms with van der Waals surface area (Å²) in [4.78, 5) is 0. The summed E-state index contributed by atoms with van der Waals surface area (Å²) in [6, 6.07) is 5.44. The van der Waals surface area contributed by atoms with E-state index in [0.717, 1.165) is 0 Å². The van der Waals surface area contributed by atoms with Crippen molar-refractivity contribution in [3.05, 3.63) is 0 Å². The molecule has 0 aliphatic heterocycles. The molecule has 0 amide bonds. The van der Waals surface area contributed by atoms with E-state index in [2.05, 4.69) is 31.0 Å². The van der Waals surface area contributed by atoms with E-state index >= 15 is 0 Å². The van der Waals surface area contributed by atoms with Gasteiger partial charge in [0.05, 0.1) is 30.0 Å². The molecule has 0 N–H and O–H groups in total. The van der Waals surface area contributed by atoms with E-state index in [-0.39, 0.29) is 6.42 Å². The molecule has 0 radical (unpaired) electrons. The fourth-order valence-electron chi connectivity index (χ4n) is 0.354. The van der Waals surface area contributed by atoms with Gasteiger partial charge >= 0.3 is 0 Å². The Morgan fingerprint density at radius 1 is 1.18 bits per heavy atom. The molecule has 0 aliphatic carbocycles. The van der Waals surface area contributed by atoms with Crippen molar-refractivity contribution >= 4 is 36.3 Å². The number of nitrogens with zero attached hydrogens (tertiary/aromatic N) is 3. The predicted octanol–water partition coefficient (Wildman–Crippen LogP) is 2.79. The third-order valence-corrected chi connectivity index (χ3v) is 5.56. The molecule has 0 heterocycles. The standard InChI is InChI=1S/C5H2Br2N3P/c6-11(7)5(3-9,4-10)1-2-8/h1H2. The molecule has 0 atom stereocenters. The minimum atomic E-state index is -1.22. The summed E-state index contributed by atoms with van der Waals surface area (Å²) in [5, 5.41) is 23.3. The van der Waals surface area contributed by atoms with Gasteiger partial charge in [-0.1, -0.05) is 0 Å². The van der Waals surface area contributed by atoms with Gasteiger partial charge in [0, 0.05) is 0 Å². The highest BCUT2D eigenvalue weighted by molar-refractivity contribution is 9.69. The molecule has 0 fully saturated rings. The quantitative estimate of drug-likeness (QED) is 0.735. The van der Waals surface area contributed by atoms with E-state index in [4.69, 9.17) is 15.8 Å². The third kappa shape index (κ3) is 2.42. The van der Waals surface area contributed by atoms with Gasteiger partial charge in [-0.05, 0) is 31.0 Å². The molecule has 6 heteroatoms. The van der Waals surface area contributed by atoms with Gasteiger partial charge < -0.3 is 0 Å². The highest BCUT2D eigenvalue weighted by atomic mass is 79.9. The number of halogens is 2. The van der Waals surface area contributed by atoms with Crippen LogP contribution in [0.15, 0.2) is 0 Å². The second-order valence-electron chi connectivity index (χ2n) is 1.65. The molecule has 0 bridgehead atoms. The van der Waals surface area contributed by atoms with Crippen LogP contribution in [-0.2, 0) is 0 Å². The third-order valence-electron chi connectivity index (χ3n) is 0.993. The SMILES string of the molecule is N#CCC(C#N)(C#N)P(Br)Br. The molecule has 0 aromatic carbocycles. The molecular weight excluding hydrogens is 293 g/mol. The monoisotopic (exact) mass is 293 g/mol. The van der Waals surface area contributed by atoms with Crippen LogP contribution in [0, 0.1) is 34.0 Å². The summed E-state index contributed by atoms with van der Waals surface area (Å²) >= 11 is 6.21. The minimum Gasteiger partial charge on any atom is -0.198 e. The lowest BCUT2D eigenvalue weighted by molar-refractivity contribution is 0.927. The molecular formula is C5H2Br2N3P. The fourth-order valence-corrected chi connectivity index (χ4v) is 2.40. The smallest absolute Gasteiger partial charge is 0.195 e. The van der Waals surface area contributed by atoms with Gasteiger partial charge in [0.2, 0.25) is 0 Å². The second-order valence-corrected chi connectivity index (χ2v) is 9.99. The van der Waals surface area contributed by atoms with Gasteiger partial charge in [-0.25, -0.2) is 0 Å². The largest absolute Gasteiger partial charge is 0.198 e. The van der Waals surface area contributed by atoms with E-state index < -0.39 is 10.5 Å². The normalized spacial score (nSPS) is 9.82. The van der Waals surface area contributed by atoms with Crippen LogP contribution in [0.5, 0.6) is 0 Å². The molecule has 0 rings (SSSR count). The summed E-state index contributed by atoms with van der Waals surface area (Å²) in [6.45, 7) is 0. The van der Waals surface area contributed by atoms with Crippen molar-refractivity contribution in [2.24, 2.45) is 0 Å². The average Bonchev–Trinajstić information content (AvgIpc) is 2.00. The Bertz CT molecular complexity index is 242. The first-order chi connectivity index (χ1) is 5.13. The zero-order valence-electron chi connectivity index (χ0n) is 5.25. The molecule has 56 valence electrons. The lowest BCUT2D eigenvalue weighted by Gasteiger charge is -2.14. The Balaban J connectivity index is 4.72. The number of nitriles is 3. The van der Waals surface area contributed by atoms with E-state index in [1.807, 2.05) is 12.1 Å². The van der Waals surface area contributed by atoms with Gasteiger partial charge in [-0.2, -0.15) is 15.8 Å². The predicted molar refractivity (Wildman–Crippen MR) is 49.0 cm³/mol. The van der Waals surface area contributed by atoms with Gasteiger partial charge in [0.1, 0.15) is 0 Å². The molecule has 0 unspecified atom stereocenters. The van der Waals surface area contributed by atoms with Gasteiger partial charge in [0.25, 0.3) is 0 Å². The topological polar surface area (TPSA) is 71.4 Å². The summed E-state index contributed by atoms with van der Waals surface area (Å²) in [5.41, 5.74) is 0. The van der Waals surface area contributed by atoms with Crippen molar-refractivity contribution in [2.45, 2.75) is 11.6 Å². The first-order valence-corrected chi connectivity index (χ1v) is 7.82. The van der Waals surface area contributed by atoms with E-state index in [9.17, 15) is 0 Å². The summed E-state index contributed by atoms with van der Waals surface area (Å²) in [6.07, 6.45) is -0.0811. The highest BCUT2D eigenvalue weighted by Gasteiger charge is 2.37. The highest BCUT2D eigenvalue weighted by Crippen LogP contribution is 2.63. The lowest BCUT2D eigenvalue weighted by atomic mass is 10.1. The van der Waals surface area contributed by atoms with Crippen LogP contribution in [0.25, 0.3) is 0 Å². The Morgan fingerprint density at radius 3 is 1.73 bits per heavy atom. The molecule has 0 aliphatic rings. The second kappa shape index (κ2) is 4.68. The van der Waals surface area contributed by atoms with Gasteiger partial charge in [-0.15, -0.1) is 0 Å². The number of hydrogen-bond donors (Lipinski definition) is 0. The van der Waals surface area contributed by atoms with Gasteiger partial charge in [0.15, 0.2) is 5.16 Å². The van der Waals surface area contributed by atoms with Crippen LogP contribution in [0.4, 0.5) is 0 Å². The zero-order chi connectivity index (χ0) is 8.91. The van der Waals surface area contributed by atoms with Crippen molar-refractivity contribution in [1.82, 2.24) is 0 Å². The van der Waals surface area contributed by atoms with Crippen LogP contribution in [0.2, 0.25) is 0 Å². The Labute approximate surface area is 81.8 Å². The fraction of sp³-hybridized carbons (Fsp3) is 0.400. The molecule has 3 nitrogen and oxygen atoms in total. The summed E-state index contributed by atoms with van der Waals surface area (Å²) in [5.74, 6) is 0. The maximum Gasteiger partial charge on any atom is 0.195 e. The molecule has 0 aromatic heterocycles. The first-order valence-electron chi connectivity index (χ1n) is 2.44. The minimum absolute atomic E-state index is 0.0811. The van der Waals surface area contributed by atoms with Crippen molar-refractivity contribution < 1.29 is 0 Å². The maximum absolute atomic E-state index is 8.61. The molecule has 11 heavy (non-hydrogen) atoms. The Morgan fingerprint density at radius 2 is 1.64 bits per heavy atom. The Kier molecular flexibility index (Phi) is 4.62. The van der Waals surface area contributed by atoms with Crippen LogP contribution < -0.4 is 0 Å². The molecule has 0 spiro atoms. The lowest BCUT2D eigenvalue weighted by Crippen LogP contribution is -2.17. The summed E-state index contributed by atoms with van der Waals surface area (Å²) in [7, 11) is 0. The van der Waals surface area contributed by atoms with Crippen LogP contribution >= 0.6 is 36.3 Å². The average molecular weight is 295 g/mol. The van der Waals surface area contributed by atoms with Crippen molar-refractivity contribution in [3.63, 3.8) is 0 Å².